The molecule has 0 fully saturated rings. The molecule has 0 aliphatic carbocycles. The van der Waals surface area contributed by atoms with E-state index in [-0.39, 0.29) is 0 Å². The highest BCUT2D eigenvalue weighted by Gasteiger charge is 2.15. The lowest BCUT2D eigenvalue weighted by molar-refractivity contribution is 0.358. The van der Waals surface area contributed by atoms with Crippen LogP contribution in [0.15, 0.2) is 53.4 Å². The molecule has 0 atom stereocenters. The van der Waals surface area contributed by atoms with Crippen LogP contribution in [0.3, 0.4) is 0 Å². The summed E-state index contributed by atoms with van der Waals surface area (Å²) in [6.45, 7) is 0.621. The molecule has 2 aromatic carbocycles. The molecule has 1 aliphatic rings. The van der Waals surface area contributed by atoms with Gasteiger partial charge in [-0.1, -0.05) is 24.3 Å². The van der Waals surface area contributed by atoms with Gasteiger partial charge in [0.25, 0.3) is 10.1 Å². The first-order valence-corrected chi connectivity index (χ1v) is 7.90. The SMILES string of the molecule is COS(=O)(=O)c1cc(F)cc(F)c1.[2H]c1cccc2c1C=CCO2. The molecular weight excluding hydrogens is 326 g/mol. The van der Waals surface area contributed by atoms with Crippen LogP contribution >= 0.6 is 0 Å². The second-order valence-electron chi connectivity index (χ2n) is 4.39. The van der Waals surface area contributed by atoms with Crippen molar-refractivity contribution in [3.63, 3.8) is 0 Å². The topological polar surface area (TPSA) is 52.6 Å². The minimum Gasteiger partial charge on any atom is -0.489 e. The maximum atomic E-state index is 12.5. The van der Waals surface area contributed by atoms with Gasteiger partial charge in [0.2, 0.25) is 0 Å². The predicted octanol–water partition coefficient (Wildman–Crippen LogP) is 3.39. The van der Waals surface area contributed by atoms with E-state index in [0.29, 0.717) is 30.8 Å². The largest absolute Gasteiger partial charge is 0.489 e. The molecule has 0 unspecified atom stereocenters. The van der Waals surface area contributed by atoms with Crippen LogP contribution < -0.4 is 4.74 Å². The standard InChI is InChI=1S/C9H8O.C7H6F2O3S/c1-2-6-9-8(4-1)5-3-7-10-9;1-12-13(10,11)7-3-5(8)2-6(9)4-7/h1-6H,7H2;2-4H,1H3/i4D;. The highest BCUT2D eigenvalue weighted by atomic mass is 32.2. The molecule has 0 amide bonds. The Bertz CT molecular complexity index is 846. The van der Waals surface area contributed by atoms with Crippen LogP contribution in [-0.4, -0.2) is 22.1 Å². The molecule has 1 heterocycles. The van der Waals surface area contributed by atoms with Crippen molar-refractivity contribution in [2.75, 3.05) is 13.7 Å². The number of hydrogen-bond acceptors (Lipinski definition) is 4. The molecule has 0 N–H and O–H groups in total. The summed E-state index contributed by atoms with van der Waals surface area (Å²) in [7, 11) is -3.11. The molecule has 23 heavy (non-hydrogen) atoms. The van der Waals surface area contributed by atoms with Crippen molar-refractivity contribution in [2.45, 2.75) is 4.90 Å². The van der Waals surface area contributed by atoms with Crippen molar-refractivity contribution >= 4 is 16.2 Å². The summed E-state index contributed by atoms with van der Waals surface area (Å²) in [6.07, 6.45) is 3.85. The van der Waals surface area contributed by atoms with Gasteiger partial charge in [-0.2, -0.15) is 8.42 Å². The van der Waals surface area contributed by atoms with Gasteiger partial charge in [-0.05, 0) is 24.3 Å². The Balaban J connectivity index is 0.000000175. The average molecular weight is 341 g/mol. The number of halogens is 2. The third-order valence-electron chi connectivity index (χ3n) is 2.81. The van der Waals surface area contributed by atoms with Crippen LogP contribution in [0.2, 0.25) is 0 Å². The Kier molecular flexibility index (Phi) is 4.99. The van der Waals surface area contributed by atoms with E-state index in [2.05, 4.69) is 4.18 Å². The van der Waals surface area contributed by atoms with Gasteiger partial charge in [-0.3, -0.25) is 4.18 Å². The van der Waals surface area contributed by atoms with E-state index in [1.165, 1.54) is 0 Å². The van der Waals surface area contributed by atoms with Gasteiger partial charge < -0.3 is 4.74 Å². The van der Waals surface area contributed by atoms with E-state index in [4.69, 9.17) is 6.11 Å². The van der Waals surface area contributed by atoms with E-state index < -0.39 is 26.6 Å². The fourth-order valence-electron chi connectivity index (χ4n) is 1.76. The van der Waals surface area contributed by atoms with Crippen molar-refractivity contribution in [1.29, 1.82) is 0 Å². The Morgan fingerprint density at radius 3 is 2.52 bits per heavy atom. The zero-order valence-electron chi connectivity index (χ0n) is 13.1. The second-order valence-corrected chi connectivity index (χ2v) is 6.10. The zero-order valence-corrected chi connectivity index (χ0v) is 12.9. The number of benzene rings is 2. The van der Waals surface area contributed by atoms with Crippen molar-refractivity contribution in [3.8, 4) is 5.75 Å². The summed E-state index contributed by atoms with van der Waals surface area (Å²) in [5.74, 6) is -1.11. The lowest BCUT2D eigenvalue weighted by Crippen LogP contribution is -2.03. The molecule has 7 heteroatoms. The minimum absolute atomic E-state index is 0.526. The lowest BCUT2D eigenvalue weighted by atomic mass is 10.1. The van der Waals surface area contributed by atoms with Gasteiger partial charge in [-0.25, -0.2) is 8.78 Å². The molecule has 1 aliphatic heterocycles. The van der Waals surface area contributed by atoms with Crippen LogP contribution in [0.4, 0.5) is 8.78 Å². The lowest BCUT2D eigenvalue weighted by Gasteiger charge is -2.10. The van der Waals surface area contributed by atoms with Gasteiger partial charge in [0.15, 0.2) is 0 Å². The second kappa shape index (κ2) is 7.34. The van der Waals surface area contributed by atoms with E-state index in [9.17, 15) is 17.2 Å². The summed E-state index contributed by atoms with van der Waals surface area (Å²) < 4.78 is 63.9. The number of rotatable bonds is 2. The molecule has 0 aromatic heterocycles. The summed E-state index contributed by atoms with van der Waals surface area (Å²) in [5, 5.41) is 0. The van der Waals surface area contributed by atoms with Crippen LogP contribution in [-0.2, 0) is 14.3 Å². The maximum Gasteiger partial charge on any atom is 0.296 e. The monoisotopic (exact) mass is 341 g/mol. The third-order valence-corrected chi connectivity index (χ3v) is 4.06. The van der Waals surface area contributed by atoms with Crippen LogP contribution in [0.1, 0.15) is 6.93 Å². The number of hydrogen-bond donors (Lipinski definition) is 0. The third kappa shape index (κ3) is 4.61. The summed E-state index contributed by atoms with van der Waals surface area (Å²) >= 11 is 0. The van der Waals surface area contributed by atoms with Gasteiger partial charge in [0, 0.05) is 11.6 Å². The van der Waals surface area contributed by atoms with Gasteiger partial charge in [0.1, 0.15) is 24.0 Å². The van der Waals surface area contributed by atoms with Crippen molar-refractivity contribution in [3.05, 3.63) is 65.7 Å². The zero-order chi connectivity index (χ0) is 17.7. The minimum atomic E-state index is -4.02. The van der Waals surface area contributed by atoms with Crippen LogP contribution in [0, 0.1) is 11.6 Å². The summed E-state index contributed by atoms with van der Waals surface area (Å²) in [6, 6.07) is 7.95. The first kappa shape index (κ1) is 15.6. The number of fused-ring (bicyclic) bond motifs is 1. The highest BCUT2D eigenvalue weighted by molar-refractivity contribution is 7.86. The Hall–Kier alpha value is -2.25. The molecule has 0 spiro atoms. The van der Waals surface area contributed by atoms with Crippen LogP contribution in [0.25, 0.3) is 6.08 Å². The van der Waals surface area contributed by atoms with E-state index in [1.54, 1.807) is 6.07 Å². The Morgan fingerprint density at radius 2 is 1.91 bits per heavy atom. The van der Waals surface area contributed by atoms with Crippen molar-refractivity contribution < 1.29 is 27.5 Å². The molecule has 4 nitrogen and oxygen atoms in total. The average Bonchev–Trinajstić information content (AvgIpc) is 2.55. The quantitative estimate of drug-likeness (QED) is 0.786. The Morgan fingerprint density at radius 1 is 1.22 bits per heavy atom. The highest BCUT2D eigenvalue weighted by Crippen LogP contribution is 2.21. The van der Waals surface area contributed by atoms with E-state index in [1.807, 2.05) is 24.3 Å². The normalized spacial score (nSPS) is 13.3. The van der Waals surface area contributed by atoms with Gasteiger partial charge >= 0.3 is 0 Å². The molecule has 0 saturated carbocycles. The fourth-order valence-corrected chi connectivity index (χ4v) is 2.47. The smallest absolute Gasteiger partial charge is 0.296 e. The number of ether oxygens (including phenoxy) is 1. The molecule has 0 saturated heterocycles. The summed E-state index contributed by atoms with van der Waals surface area (Å²) in [4.78, 5) is -0.535. The van der Waals surface area contributed by atoms with Crippen molar-refractivity contribution in [2.24, 2.45) is 0 Å². The van der Waals surface area contributed by atoms with Gasteiger partial charge in [0.05, 0.1) is 13.4 Å². The van der Waals surface area contributed by atoms with E-state index >= 15 is 0 Å². The molecule has 0 radical (unpaired) electrons. The fraction of sp³-hybridized carbons (Fsp3) is 0.125. The summed E-state index contributed by atoms with van der Waals surface area (Å²) in [5.41, 5.74) is 0.888. The first-order chi connectivity index (χ1) is 11.3. The Labute approximate surface area is 134 Å². The predicted molar refractivity (Wildman–Crippen MR) is 81.5 cm³/mol. The van der Waals surface area contributed by atoms with Gasteiger partial charge in [-0.15, -0.1) is 0 Å². The van der Waals surface area contributed by atoms with Crippen LogP contribution in [0.5, 0.6) is 5.75 Å². The van der Waals surface area contributed by atoms with E-state index in [0.717, 1.165) is 18.4 Å². The molecule has 0 bridgehead atoms. The number of para-hydroxylation sites is 1. The molecule has 3 rings (SSSR count). The molecule has 122 valence electrons. The first-order valence-electron chi connectivity index (χ1n) is 6.99. The van der Waals surface area contributed by atoms with Crippen molar-refractivity contribution in [1.82, 2.24) is 0 Å². The molecular formula is C16H14F2O4S. The molecule has 2 aromatic rings. The maximum absolute atomic E-state index is 12.5.